The van der Waals surface area contributed by atoms with Crippen LogP contribution in [-0.2, 0) is 11.8 Å². The van der Waals surface area contributed by atoms with Gasteiger partial charge in [0.2, 0.25) is 5.91 Å². The van der Waals surface area contributed by atoms with Crippen LogP contribution in [0.2, 0.25) is 5.02 Å². The lowest BCUT2D eigenvalue weighted by molar-refractivity contribution is -0.120. The summed E-state index contributed by atoms with van der Waals surface area (Å²) in [6.45, 7) is 2.70. The van der Waals surface area contributed by atoms with Gasteiger partial charge >= 0.3 is 0 Å². The zero-order chi connectivity index (χ0) is 18.5. The number of hydrogen-bond donors (Lipinski definition) is 1. The molecule has 1 aromatic heterocycles. The van der Waals surface area contributed by atoms with Gasteiger partial charge in [-0.3, -0.25) is 4.79 Å². The number of benzene rings is 1. The number of amides is 1. The summed E-state index contributed by atoms with van der Waals surface area (Å²) in [6.07, 6.45) is 6.37. The molecule has 1 atom stereocenters. The SMILES string of the molecule is CC(Sc1nnc(-c2ccc(Cl)cc2)n1C)C(=O)NCC1CCCCC1. The smallest absolute Gasteiger partial charge is 0.233 e. The summed E-state index contributed by atoms with van der Waals surface area (Å²) < 4.78 is 1.92. The van der Waals surface area contributed by atoms with Crippen LogP contribution in [0, 0.1) is 5.92 Å². The zero-order valence-electron chi connectivity index (χ0n) is 15.2. The van der Waals surface area contributed by atoms with Gasteiger partial charge in [-0.1, -0.05) is 42.6 Å². The van der Waals surface area contributed by atoms with Crippen LogP contribution in [0.3, 0.4) is 0 Å². The van der Waals surface area contributed by atoms with E-state index < -0.39 is 0 Å². The molecule has 5 nitrogen and oxygen atoms in total. The van der Waals surface area contributed by atoms with Crippen LogP contribution in [0.4, 0.5) is 0 Å². The molecule has 0 bridgehead atoms. The Kier molecular flexibility index (Phi) is 6.59. The highest BCUT2D eigenvalue weighted by molar-refractivity contribution is 8.00. The minimum Gasteiger partial charge on any atom is -0.355 e. The molecule has 0 saturated heterocycles. The molecular weight excluding hydrogens is 368 g/mol. The molecule has 1 heterocycles. The lowest BCUT2D eigenvalue weighted by atomic mass is 9.89. The molecule has 1 N–H and O–H groups in total. The maximum atomic E-state index is 12.4. The summed E-state index contributed by atoms with van der Waals surface area (Å²) in [6, 6.07) is 7.50. The first kappa shape index (κ1) is 19.2. The number of hydrogen-bond acceptors (Lipinski definition) is 4. The largest absolute Gasteiger partial charge is 0.355 e. The van der Waals surface area contributed by atoms with Gasteiger partial charge in [0.15, 0.2) is 11.0 Å². The van der Waals surface area contributed by atoms with Gasteiger partial charge in [0.1, 0.15) is 0 Å². The van der Waals surface area contributed by atoms with E-state index >= 15 is 0 Å². The first-order chi connectivity index (χ1) is 12.5. The van der Waals surface area contributed by atoms with Crippen molar-refractivity contribution >= 4 is 29.3 Å². The Morgan fingerprint density at radius 3 is 2.65 bits per heavy atom. The number of halogens is 1. The van der Waals surface area contributed by atoms with Gasteiger partial charge in [0, 0.05) is 24.2 Å². The fourth-order valence-corrected chi connectivity index (χ4v) is 4.22. The van der Waals surface area contributed by atoms with E-state index in [1.165, 1.54) is 43.9 Å². The van der Waals surface area contributed by atoms with Crippen LogP contribution in [-0.4, -0.2) is 32.5 Å². The van der Waals surface area contributed by atoms with Crippen LogP contribution in [0.5, 0.6) is 0 Å². The van der Waals surface area contributed by atoms with E-state index in [0.717, 1.165) is 23.1 Å². The number of rotatable bonds is 6. The van der Waals surface area contributed by atoms with Crippen molar-refractivity contribution in [3.63, 3.8) is 0 Å². The number of thioether (sulfide) groups is 1. The van der Waals surface area contributed by atoms with Crippen molar-refractivity contribution in [2.75, 3.05) is 6.54 Å². The van der Waals surface area contributed by atoms with Crippen LogP contribution in [0.15, 0.2) is 29.4 Å². The quantitative estimate of drug-likeness (QED) is 0.744. The number of carbonyl (C=O) groups excluding carboxylic acids is 1. The molecule has 1 fully saturated rings. The molecule has 3 rings (SSSR count). The average Bonchev–Trinajstić information content (AvgIpc) is 3.01. The molecule has 0 radical (unpaired) electrons. The maximum Gasteiger partial charge on any atom is 0.233 e. The summed E-state index contributed by atoms with van der Waals surface area (Å²) in [7, 11) is 1.92. The fourth-order valence-electron chi connectivity index (χ4n) is 3.26. The molecular formula is C19H25ClN4OS. The lowest BCUT2D eigenvalue weighted by Gasteiger charge is -2.22. The molecule has 1 aliphatic carbocycles. The predicted molar refractivity (Wildman–Crippen MR) is 106 cm³/mol. The van der Waals surface area contributed by atoms with E-state index in [9.17, 15) is 4.79 Å². The van der Waals surface area contributed by atoms with Crippen molar-refractivity contribution in [3.05, 3.63) is 29.3 Å². The van der Waals surface area contributed by atoms with Crippen molar-refractivity contribution in [1.29, 1.82) is 0 Å². The Morgan fingerprint density at radius 1 is 1.27 bits per heavy atom. The Labute approximate surface area is 163 Å². The molecule has 1 saturated carbocycles. The molecule has 1 amide bonds. The monoisotopic (exact) mass is 392 g/mol. The molecule has 0 spiro atoms. The average molecular weight is 393 g/mol. The van der Waals surface area contributed by atoms with Gasteiger partial charge in [-0.15, -0.1) is 10.2 Å². The van der Waals surface area contributed by atoms with Crippen LogP contribution >= 0.6 is 23.4 Å². The molecule has 2 aromatic rings. The number of aromatic nitrogens is 3. The van der Waals surface area contributed by atoms with Crippen molar-refractivity contribution in [2.24, 2.45) is 13.0 Å². The van der Waals surface area contributed by atoms with Crippen molar-refractivity contribution in [1.82, 2.24) is 20.1 Å². The van der Waals surface area contributed by atoms with Crippen LogP contribution in [0.1, 0.15) is 39.0 Å². The molecule has 1 aromatic carbocycles. The fraction of sp³-hybridized carbons (Fsp3) is 0.526. The highest BCUT2D eigenvalue weighted by Crippen LogP contribution is 2.27. The van der Waals surface area contributed by atoms with Crippen molar-refractivity contribution in [2.45, 2.75) is 49.4 Å². The Hall–Kier alpha value is -1.53. The summed E-state index contributed by atoms with van der Waals surface area (Å²) in [5.41, 5.74) is 0.950. The zero-order valence-corrected chi connectivity index (χ0v) is 16.8. The highest BCUT2D eigenvalue weighted by atomic mass is 35.5. The first-order valence-electron chi connectivity index (χ1n) is 9.14. The standard InChI is InChI=1S/C19H25ClN4OS/c1-13(18(25)21-12-14-6-4-3-5-7-14)26-19-23-22-17(24(19)2)15-8-10-16(20)11-9-15/h8-11,13-14H,3-7,12H2,1-2H3,(H,21,25). The van der Waals surface area contributed by atoms with Crippen molar-refractivity contribution in [3.8, 4) is 11.4 Å². The third kappa shape index (κ3) is 4.80. The second kappa shape index (κ2) is 8.91. The maximum absolute atomic E-state index is 12.4. The van der Waals surface area contributed by atoms with Gasteiger partial charge in [0.05, 0.1) is 5.25 Å². The van der Waals surface area contributed by atoms with Gasteiger partial charge in [-0.25, -0.2) is 0 Å². The lowest BCUT2D eigenvalue weighted by Crippen LogP contribution is -2.35. The topological polar surface area (TPSA) is 59.8 Å². The molecule has 7 heteroatoms. The number of carbonyl (C=O) groups is 1. The molecule has 1 unspecified atom stereocenters. The third-order valence-electron chi connectivity index (χ3n) is 4.88. The van der Waals surface area contributed by atoms with Gasteiger partial charge in [-0.05, 0) is 49.9 Å². The van der Waals surface area contributed by atoms with E-state index in [-0.39, 0.29) is 11.2 Å². The Bertz CT molecular complexity index is 740. The number of nitrogens with zero attached hydrogens (tertiary/aromatic N) is 3. The van der Waals surface area contributed by atoms with Gasteiger partial charge in [0.25, 0.3) is 0 Å². The third-order valence-corrected chi connectivity index (χ3v) is 6.26. The van der Waals surface area contributed by atoms with Crippen molar-refractivity contribution < 1.29 is 4.79 Å². The van der Waals surface area contributed by atoms with E-state index in [1.807, 2.05) is 42.8 Å². The summed E-state index contributed by atoms with van der Waals surface area (Å²) in [4.78, 5) is 12.4. The molecule has 0 aliphatic heterocycles. The second-order valence-electron chi connectivity index (χ2n) is 6.88. The van der Waals surface area contributed by atoms with E-state index in [0.29, 0.717) is 10.9 Å². The predicted octanol–water partition coefficient (Wildman–Crippen LogP) is 4.31. The van der Waals surface area contributed by atoms with E-state index in [4.69, 9.17) is 11.6 Å². The Balaban J connectivity index is 1.57. The van der Waals surface area contributed by atoms with Gasteiger partial charge < -0.3 is 9.88 Å². The van der Waals surface area contributed by atoms with Gasteiger partial charge in [-0.2, -0.15) is 0 Å². The Morgan fingerprint density at radius 2 is 1.96 bits per heavy atom. The normalized spacial score (nSPS) is 16.4. The minimum absolute atomic E-state index is 0.0663. The molecule has 140 valence electrons. The molecule has 26 heavy (non-hydrogen) atoms. The van der Waals surface area contributed by atoms with Crippen LogP contribution in [0.25, 0.3) is 11.4 Å². The van der Waals surface area contributed by atoms with Crippen LogP contribution < -0.4 is 5.32 Å². The molecule has 1 aliphatic rings. The second-order valence-corrected chi connectivity index (χ2v) is 8.63. The summed E-state index contributed by atoms with van der Waals surface area (Å²) in [5, 5.41) is 12.8. The van der Waals surface area contributed by atoms with E-state index in [1.54, 1.807) is 0 Å². The number of nitrogens with one attached hydrogen (secondary N) is 1. The first-order valence-corrected chi connectivity index (χ1v) is 10.4. The van der Waals surface area contributed by atoms with E-state index in [2.05, 4.69) is 15.5 Å². The summed E-state index contributed by atoms with van der Waals surface area (Å²) >= 11 is 7.38. The minimum atomic E-state index is -0.209. The highest BCUT2D eigenvalue weighted by Gasteiger charge is 2.21. The summed E-state index contributed by atoms with van der Waals surface area (Å²) in [5.74, 6) is 1.46.